The molecule has 0 spiro atoms. The van der Waals surface area contributed by atoms with Gasteiger partial charge in [-0.1, -0.05) is 0 Å². The number of halogens is 1. The molecule has 0 aromatic carbocycles. The fourth-order valence-electron chi connectivity index (χ4n) is 2.09. The molecule has 1 aliphatic rings. The van der Waals surface area contributed by atoms with Crippen molar-refractivity contribution in [3.05, 3.63) is 44.2 Å². The van der Waals surface area contributed by atoms with Crippen LogP contribution in [0, 0.1) is 0 Å². The van der Waals surface area contributed by atoms with E-state index in [2.05, 4.69) is 26.2 Å². The minimum Gasteiger partial charge on any atom is -0.305 e. The molecule has 2 aromatic heterocycles. The summed E-state index contributed by atoms with van der Waals surface area (Å²) in [7, 11) is 0. The number of carbonyl (C=O) groups excluding carboxylic acids is 1. The summed E-state index contributed by atoms with van der Waals surface area (Å²) < 4.78 is 0.794. The van der Waals surface area contributed by atoms with E-state index in [4.69, 9.17) is 0 Å². The molecule has 3 nitrogen and oxygen atoms in total. The van der Waals surface area contributed by atoms with E-state index in [9.17, 15) is 4.79 Å². The first-order valence-electron chi connectivity index (χ1n) is 5.77. The lowest BCUT2D eigenvalue weighted by atomic mass is 10.2. The molecular weight excluding hydrogens is 312 g/mol. The van der Waals surface area contributed by atoms with Gasteiger partial charge in [-0.2, -0.15) is 0 Å². The molecule has 1 N–H and O–H groups in total. The van der Waals surface area contributed by atoms with Gasteiger partial charge in [0.1, 0.15) is 5.82 Å². The minimum atomic E-state index is -0.0752. The van der Waals surface area contributed by atoms with Crippen LogP contribution in [0.15, 0.2) is 28.9 Å². The van der Waals surface area contributed by atoms with Crippen molar-refractivity contribution in [2.75, 3.05) is 5.32 Å². The highest BCUT2D eigenvalue weighted by Crippen LogP contribution is 2.31. The van der Waals surface area contributed by atoms with Gasteiger partial charge < -0.3 is 5.32 Å². The first-order valence-corrected chi connectivity index (χ1v) is 7.38. The third kappa shape index (κ3) is 2.20. The van der Waals surface area contributed by atoms with Gasteiger partial charge in [0.15, 0.2) is 0 Å². The Labute approximate surface area is 117 Å². The minimum absolute atomic E-state index is 0.0752. The molecule has 0 bridgehead atoms. The van der Waals surface area contributed by atoms with E-state index < -0.39 is 0 Å². The Bertz CT molecular complexity index is 587. The molecule has 0 saturated carbocycles. The van der Waals surface area contributed by atoms with E-state index in [0.29, 0.717) is 5.82 Å². The number of fused-ring (bicyclic) bond motifs is 1. The van der Waals surface area contributed by atoms with Crippen LogP contribution in [-0.2, 0) is 12.8 Å². The zero-order valence-electron chi connectivity index (χ0n) is 9.57. The van der Waals surface area contributed by atoms with Crippen molar-refractivity contribution in [2.45, 2.75) is 19.3 Å². The Morgan fingerprint density at radius 3 is 3.11 bits per heavy atom. The third-order valence-corrected chi connectivity index (χ3v) is 4.84. The fourth-order valence-corrected chi connectivity index (χ4v) is 3.59. The Morgan fingerprint density at radius 2 is 2.33 bits per heavy atom. The second kappa shape index (κ2) is 4.82. The monoisotopic (exact) mass is 322 g/mol. The number of aryl methyl sites for hydroxylation is 2. The van der Waals surface area contributed by atoms with Crippen LogP contribution in [0.4, 0.5) is 5.82 Å². The molecule has 5 heteroatoms. The molecular formula is C13H11BrN2OS. The van der Waals surface area contributed by atoms with E-state index in [1.54, 1.807) is 17.5 Å². The molecule has 3 rings (SSSR count). The number of rotatable bonds is 2. The van der Waals surface area contributed by atoms with Gasteiger partial charge in [0.2, 0.25) is 0 Å². The smallest absolute Gasteiger partial charge is 0.266 e. The predicted octanol–water partition coefficient (Wildman–Crippen LogP) is 3.65. The highest BCUT2D eigenvalue weighted by Gasteiger charge is 2.19. The average Bonchev–Trinajstić information content (AvgIpc) is 2.92. The van der Waals surface area contributed by atoms with Gasteiger partial charge in [0.25, 0.3) is 5.91 Å². The Hall–Kier alpha value is -1.20. The summed E-state index contributed by atoms with van der Waals surface area (Å²) in [5.74, 6) is 0.491. The highest BCUT2D eigenvalue weighted by molar-refractivity contribution is 9.10. The van der Waals surface area contributed by atoms with E-state index in [0.717, 1.165) is 22.2 Å². The molecule has 2 aromatic rings. The lowest BCUT2D eigenvalue weighted by Gasteiger charge is -2.04. The maximum atomic E-state index is 12.1. The molecule has 0 saturated heterocycles. The quantitative estimate of drug-likeness (QED) is 0.917. The number of aromatic nitrogens is 1. The number of nitrogens with one attached hydrogen (secondary N) is 1. The second-order valence-electron chi connectivity index (χ2n) is 4.20. The van der Waals surface area contributed by atoms with Crippen molar-refractivity contribution >= 4 is 39.0 Å². The van der Waals surface area contributed by atoms with Crippen LogP contribution in [0.25, 0.3) is 0 Å². The number of anilines is 1. The van der Waals surface area contributed by atoms with E-state index in [1.165, 1.54) is 16.9 Å². The number of hydrogen-bond acceptors (Lipinski definition) is 3. The number of carbonyl (C=O) groups is 1. The van der Waals surface area contributed by atoms with Gasteiger partial charge in [-0.25, -0.2) is 4.98 Å². The molecule has 18 heavy (non-hydrogen) atoms. The van der Waals surface area contributed by atoms with Crippen LogP contribution in [-0.4, -0.2) is 10.9 Å². The standard InChI is InChI=1S/C13H11BrN2OS/c14-9-4-2-6-15-12(9)16-13(17)11-7-8-3-1-5-10(8)18-11/h2,4,6-7H,1,3,5H2,(H,15,16,17). The molecule has 0 aliphatic heterocycles. The van der Waals surface area contributed by atoms with Gasteiger partial charge in [0, 0.05) is 11.1 Å². The molecule has 0 radical (unpaired) electrons. The first kappa shape index (κ1) is 11.9. The second-order valence-corrected chi connectivity index (χ2v) is 6.19. The van der Waals surface area contributed by atoms with Crippen molar-refractivity contribution in [3.63, 3.8) is 0 Å². The summed E-state index contributed by atoms with van der Waals surface area (Å²) in [5, 5.41) is 2.83. The molecule has 1 aliphatic carbocycles. The van der Waals surface area contributed by atoms with Gasteiger partial charge in [-0.15, -0.1) is 11.3 Å². The predicted molar refractivity (Wildman–Crippen MR) is 76.2 cm³/mol. The van der Waals surface area contributed by atoms with Crippen LogP contribution in [0.1, 0.15) is 26.5 Å². The molecule has 0 fully saturated rings. The van der Waals surface area contributed by atoms with Crippen molar-refractivity contribution in [2.24, 2.45) is 0 Å². The lowest BCUT2D eigenvalue weighted by molar-refractivity contribution is 0.103. The maximum absolute atomic E-state index is 12.1. The molecule has 2 heterocycles. The lowest BCUT2D eigenvalue weighted by Crippen LogP contribution is -2.11. The SMILES string of the molecule is O=C(Nc1ncccc1Br)c1cc2c(s1)CCC2. The van der Waals surface area contributed by atoms with E-state index in [1.807, 2.05) is 18.2 Å². The van der Waals surface area contributed by atoms with Gasteiger partial charge in [0.05, 0.1) is 9.35 Å². The zero-order valence-corrected chi connectivity index (χ0v) is 12.0. The average molecular weight is 323 g/mol. The third-order valence-electron chi connectivity index (χ3n) is 2.96. The number of thiophene rings is 1. The topological polar surface area (TPSA) is 42.0 Å². The Kier molecular flexibility index (Phi) is 3.18. The normalized spacial score (nSPS) is 13.4. The Balaban J connectivity index is 1.81. The van der Waals surface area contributed by atoms with Gasteiger partial charge in [-0.05, 0) is 59.0 Å². The van der Waals surface area contributed by atoms with Gasteiger partial charge >= 0.3 is 0 Å². The molecule has 0 atom stereocenters. The highest BCUT2D eigenvalue weighted by atomic mass is 79.9. The fraction of sp³-hybridized carbons (Fsp3) is 0.231. The summed E-state index contributed by atoms with van der Waals surface area (Å²) in [6.07, 6.45) is 5.09. The van der Waals surface area contributed by atoms with Crippen molar-refractivity contribution in [1.82, 2.24) is 4.98 Å². The largest absolute Gasteiger partial charge is 0.305 e. The van der Waals surface area contributed by atoms with Crippen molar-refractivity contribution in [3.8, 4) is 0 Å². The van der Waals surface area contributed by atoms with E-state index in [-0.39, 0.29) is 5.91 Å². The first-order chi connectivity index (χ1) is 8.74. The number of amides is 1. The molecule has 0 unspecified atom stereocenters. The summed E-state index contributed by atoms with van der Waals surface area (Å²) in [5.41, 5.74) is 1.34. The van der Waals surface area contributed by atoms with Crippen LogP contribution in [0.2, 0.25) is 0 Å². The molecule has 1 amide bonds. The summed E-state index contributed by atoms with van der Waals surface area (Å²) in [6.45, 7) is 0. The Morgan fingerprint density at radius 1 is 1.44 bits per heavy atom. The van der Waals surface area contributed by atoms with E-state index >= 15 is 0 Å². The van der Waals surface area contributed by atoms with Crippen LogP contribution in [0.5, 0.6) is 0 Å². The summed E-state index contributed by atoms with van der Waals surface area (Å²) >= 11 is 4.97. The van der Waals surface area contributed by atoms with Crippen LogP contribution < -0.4 is 5.32 Å². The molecule has 92 valence electrons. The number of pyridine rings is 1. The van der Waals surface area contributed by atoms with Crippen molar-refractivity contribution < 1.29 is 4.79 Å². The number of nitrogens with zero attached hydrogens (tertiary/aromatic N) is 1. The van der Waals surface area contributed by atoms with Crippen molar-refractivity contribution in [1.29, 1.82) is 0 Å². The van der Waals surface area contributed by atoms with Gasteiger partial charge in [-0.3, -0.25) is 4.79 Å². The zero-order chi connectivity index (χ0) is 12.5. The summed E-state index contributed by atoms with van der Waals surface area (Å²) in [4.78, 5) is 18.4. The number of hydrogen-bond donors (Lipinski definition) is 1. The summed E-state index contributed by atoms with van der Waals surface area (Å²) in [6, 6.07) is 5.69. The maximum Gasteiger partial charge on any atom is 0.266 e. The van der Waals surface area contributed by atoms with Crippen LogP contribution in [0.3, 0.4) is 0 Å². The van der Waals surface area contributed by atoms with Crippen LogP contribution >= 0.6 is 27.3 Å².